The first-order valence-corrected chi connectivity index (χ1v) is 16.2. The highest BCUT2D eigenvalue weighted by Gasteiger charge is 2.39. The van der Waals surface area contributed by atoms with Gasteiger partial charge in [0.25, 0.3) is 0 Å². The van der Waals surface area contributed by atoms with Crippen LogP contribution < -0.4 is 27.0 Å². The Morgan fingerprint density at radius 1 is 1.07 bits per heavy atom. The van der Waals surface area contributed by atoms with Crippen LogP contribution >= 0.6 is 11.3 Å². The number of aliphatic carboxylic acids is 1. The van der Waals surface area contributed by atoms with Crippen molar-refractivity contribution in [2.24, 2.45) is 10.2 Å². The van der Waals surface area contributed by atoms with Crippen LogP contribution in [0.1, 0.15) is 0 Å². The Bertz CT molecular complexity index is 1790. The lowest BCUT2D eigenvalue weighted by Gasteiger charge is -2.34. The summed E-state index contributed by atoms with van der Waals surface area (Å²) in [5.74, 6) is -2.76. The van der Waals surface area contributed by atoms with Crippen LogP contribution in [0.3, 0.4) is 0 Å². The lowest BCUT2D eigenvalue weighted by atomic mass is 10.0. The summed E-state index contributed by atoms with van der Waals surface area (Å²) in [6.45, 7) is 1.43. The van der Waals surface area contributed by atoms with E-state index in [1.807, 2.05) is 11.0 Å². The molecule has 0 atom stereocenters. The van der Waals surface area contributed by atoms with Crippen molar-refractivity contribution < 1.29 is 45.0 Å². The Morgan fingerprint density at radius 3 is 2.27 bits per heavy atom. The second-order valence-electron chi connectivity index (χ2n) is 9.13. The molecule has 3 aromatic rings. The number of hydrazine groups is 2. The zero-order valence-electron chi connectivity index (χ0n) is 22.4. The average molecular weight is 682 g/mol. The predicted octanol–water partition coefficient (Wildman–Crippen LogP) is -0.103. The number of aliphatic hydroxyl groups excluding tert-OH is 1. The van der Waals surface area contributed by atoms with Gasteiger partial charge < -0.3 is 15.9 Å². The van der Waals surface area contributed by atoms with Gasteiger partial charge in [-0.1, -0.05) is 29.5 Å². The van der Waals surface area contributed by atoms with E-state index < -0.39 is 42.0 Å². The summed E-state index contributed by atoms with van der Waals surface area (Å²) >= 11 is 1.27. The number of alkyl halides is 3. The number of hydrazone groups is 1. The minimum Gasteiger partial charge on any atom is -0.475 e. The van der Waals surface area contributed by atoms with Crippen LogP contribution in [0.15, 0.2) is 45.2 Å². The van der Waals surface area contributed by atoms with E-state index in [0.29, 0.717) is 41.4 Å². The van der Waals surface area contributed by atoms with E-state index in [1.165, 1.54) is 39.2 Å². The largest absolute Gasteiger partial charge is 0.490 e. The number of piperazine rings is 1. The Morgan fingerprint density at radius 2 is 1.73 bits per heavy atom. The predicted molar refractivity (Wildman–Crippen MR) is 154 cm³/mol. The number of carboxylic acid groups (broad SMARTS) is 1. The number of benzene rings is 2. The number of aliphatic hydroxyl groups is 1. The first-order valence-electron chi connectivity index (χ1n) is 12.4. The second-order valence-corrected chi connectivity index (χ2v) is 13.6. The van der Waals surface area contributed by atoms with Crippen LogP contribution in [0.5, 0.6) is 0 Å². The summed E-state index contributed by atoms with van der Waals surface area (Å²) in [5.41, 5.74) is 12.6. The van der Waals surface area contributed by atoms with E-state index in [2.05, 4.69) is 21.0 Å². The quantitative estimate of drug-likeness (QED) is 0.191. The molecule has 3 heterocycles. The van der Waals surface area contributed by atoms with Crippen LogP contribution in [0.4, 0.5) is 24.0 Å². The Balaban J connectivity index is 0.000000566. The minimum atomic E-state index is -5.08. The molecule has 0 spiro atoms. The van der Waals surface area contributed by atoms with Crippen LogP contribution in [0.2, 0.25) is 0 Å². The molecule has 2 aliphatic heterocycles. The van der Waals surface area contributed by atoms with Gasteiger partial charge in [0.1, 0.15) is 21.8 Å². The number of fused-ring (bicyclic) bond motifs is 1. The number of primary sulfonamides is 1. The van der Waals surface area contributed by atoms with Crippen molar-refractivity contribution in [3.63, 3.8) is 0 Å². The van der Waals surface area contributed by atoms with Gasteiger partial charge in [-0.05, 0) is 12.1 Å². The number of carboxylic acids is 1. The summed E-state index contributed by atoms with van der Waals surface area (Å²) in [7, 11) is -8.87. The zero-order valence-corrected chi connectivity index (χ0v) is 24.8. The lowest BCUT2D eigenvalue weighted by Crippen LogP contribution is -2.49. The molecule has 5 rings (SSSR count). The lowest BCUT2D eigenvalue weighted by molar-refractivity contribution is -0.192. The summed E-state index contributed by atoms with van der Waals surface area (Å²) in [6.07, 6.45) is -3.81. The third-order valence-corrected chi connectivity index (χ3v) is 10.2. The standard InChI is InChI=1S/C20H25N9O5S3.C2HF3O2/c21-20-25-17-13(2-1-3-15(17)35-20)14-4-5-16(19(36(22,31)32)18(14)29-24-12-23-26-29)37(33,34)28-8-6-27(7-9-28)10-11-30;3-2(4,5)1(6)7/h1-5,12,26,30H,6-11H2,(H2,21,25)(H,23,24)(H2,22,31,32);(H,6,7). The molecule has 2 aliphatic rings. The number of para-hydroxylation sites is 1. The first kappa shape index (κ1) is 33.1. The van der Waals surface area contributed by atoms with E-state index in [0.717, 1.165) is 4.70 Å². The third-order valence-electron chi connectivity index (χ3n) is 6.35. The number of nitrogens with zero attached hydrogens (tertiary/aromatic N) is 5. The van der Waals surface area contributed by atoms with E-state index in [1.54, 1.807) is 12.1 Å². The van der Waals surface area contributed by atoms with Crippen molar-refractivity contribution in [3.05, 3.63) is 30.3 Å². The molecule has 0 radical (unpaired) electrons. The van der Waals surface area contributed by atoms with Crippen molar-refractivity contribution in [2.75, 3.05) is 50.2 Å². The maximum absolute atomic E-state index is 13.8. The number of nitrogens with two attached hydrogens (primary N) is 2. The van der Waals surface area contributed by atoms with E-state index in [-0.39, 0.29) is 25.4 Å². The van der Waals surface area contributed by atoms with Crippen LogP contribution in [-0.4, -0.2) is 99.1 Å². The van der Waals surface area contributed by atoms with Crippen molar-refractivity contribution in [2.45, 2.75) is 16.0 Å². The minimum absolute atomic E-state index is 0.0393. The number of anilines is 2. The fourth-order valence-electron chi connectivity index (χ4n) is 4.44. The number of nitrogen functional groups attached to an aromatic ring is 1. The molecular weight excluding hydrogens is 655 g/mol. The number of hydrogen-bond acceptors (Lipinski definition) is 14. The van der Waals surface area contributed by atoms with Gasteiger partial charge in [-0.25, -0.2) is 31.8 Å². The van der Waals surface area contributed by atoms with Crippen molar-refractivity contribution in [3.8, 4) is 11.1 Å². The zero-order chi connectivity index (χ0) is 32.4. The summed E-state index contributed by atoms with van der Waals surface area (Å²) in [5, 5.41) is 27.3. The van der Waals surface area contributed by atoms with Gasteiger partial charge in [0.15, 0.2) is 5.13 Å². The molecule has 1 saturated heterocycles. The van der Waals surface area contributed by atoms with Crippen LogP contribution in [0, 0.1) is 0 Å². The maximum Gasteiger partial charge on any atom is 0.490 e. The molecule has 2 aromatic carbocycles. The smallest absolute Gasteiger partial charge is 0.475 e. The Hall–Kier alpha value is -3.80. The fraction of sp³-hybridized carbons (Fsp3) is 0.318. The molecule has 44 heavy (non-hydrogen) atoms. The molecule has 1 fully saturated rings. The van der Waals surface area contributed by atoms with Gasteiger partial charge in [-0.3, -0.25) is 10.3 Å². The highest BCUT2D eigenvalue weighted by atomic mass is 32.2. The monoisotopic (exact) mass is 681 g/mol. The molecule has 0 saturated carbocycles. The molecular formula is C22H26F3N9O7S3. The van der Waals surface area contributed by atoms with Crippen molar-refractivity contribution >= 4 is 64.7 Å². The number of aromatic nitrogens is 1. The molecule has 0 amide bonds. The SMILES string of the molecule is Nc1nc2c(-c3ccc(S(=O)(=O)N4CCN(CCO)CC4)c(S(N)(=O)=O)c3N3NC=NN3)cccc2s1.O=C(O)C(F)(F)F. The number of halogens is 3. The van der Waals surface area contributed by atoms with Gasteiger partial charge in [0.2, 0.25) is 20.0 Å². The van der Waals surface area contributed by atoms with E-state index in [9.17, 15) is 35.1 Å². The number of sulfonamides is 2. The number of carbonyl (C=O) groups is 1. The Kier molecular flexibility index (Phi) is 9.53. The molecule has 240 valence electrons. The molecule has 8 N–H and O–H groups in total. The Labute approximate surface area is 252 Å². The number of rotatable bonds is 7. The van der Waals surface area contributed by atoms with Gasteiger partial charge in [-0.2, -0.15) is 28.1 Å². The molecule has 0 aliphatic carbocycles. The normalized spacial score (nSPS) is 16.3. The van der Waals surface area contributed by atoms with Crippen molar-refractivity contribution in [1.29, 1.82) is 0 Å². The van der Waals surface area contributed by atoms with Gasteiger partial charge in [-0.15, -0.1) is 5.10 Å². The topological polar surface area (TPSA) is 237 Å². The van der Waals surface area contributed by atoms with Crippen LogP contribution in [0.25, 0.3) is 21.3 Å². The summed E-state index contributed by atoms with van der Waals surface area (Å²) < 4.78 is 87.4. The van der Waals surface area contributed by atoms with E-state index in [4.69, 9.17) is 20.8 Å². The van der Waals surface area contributed by atoms with Crippen LogP contribution in [-0.2, 0) is 24.8 Å². The first-order chi connectivity index (χ1) is 20.6. The average Bonchev–Trinajstić information content (AvgIpc) is 3.61. The summed E-state index contributed by atoms with van der Waals surface area (Å²) in [6, 6.07) is 8.11. The van der Waals surface area contributed by atoms with Gasteiger partial charge in [0, 0.05) is 43.9 Å². The van der Waals surface area contributed by atoms with E-state index >= 15 is 0 Å². The highest BCUT2D eigenvalue weighted by molar-refractivity contribution is 7.92. The molecule has 16 nitrogen and oxygen atoms in total. The van der Waals surface area contributed by atoms with Gasteiger partial charge >= 0.3 is 12.1 Å². The number of hydrogen-bond donors (Lipinski definition) is 6. The molecule has 0 unspecified atom stereocenters. The fourth-order valence-corrected chi connectivity index (χ4v) is 8.18. The molecule has 0 bridgehead atoms. The molecule has 22 heteroatoms. The maximum atomic E-state index is 13.8. The number of β-amino-alcohol motifs (C(OH)–C–C–N with tert-alkyl or cyclic N) is 1. The highest BCUT2D eigenvalue weighted by Crippen LogP contribution is 2.43. The number of thiazole rings is 1. The summed E-state index contributed by atoms with van der Waals surface area (Å²) in [4.78, 5) is 14.2. The molecule has 1 aromatic heterocycles. The van der Waals surface area contributed by atoms with Crippen molar-refractivity contribution in [1.82, 2.24) is 25.1 Å². The van der Waals surface area contributed by atoms with Gasteiger partial charge in [0.05, 0.1) is 16.8 Å². The second kappa shape index (κ2) is 12.7. The third kappa shape index (κ3) is 6.95. The number of nitrogens with one attached hydrogen (secondary N) is 2.